The number of alkyl halides is 9. The summed E-state index contributed by atoms with van der Waals surface area (Å²) >= 11 is 6.06. The normalized spacial score (nSPS) is 12.8. The molecule has 35 heavy (non-hydrogen) atoms. The van der Waals surface area contributed by atoms with Gasteiger partial charge < -0.3 is 4.90 Å². The smallest absolute Gasteiger partial charge is 0.345 e. The number of anilines is 1. The van der Waals surface area contributed by atoms with Crippen molar-refractivity contribution in [2.75, 3.05) is 4.90 Å². The van der Waals surface area contributed by atoms with E-state index in [-0.39, 0.29) is 28.0 Å². The van der Waals surface area contributed by atoms with Crippen molar-refractivity contribution in [3.63, 3.8) is 0 Å². The van der Waals surface area contributed by atoms with E-state index in [0.29, 0.717) is 17.8 Å². The number of benzene rings is 2. The molecule has 0 bridgehead atoms. The average Bonchev–Trinajstić information content (AvgIpc) is 3.05. The summed E-state index contributed by atoms with van der Waals surface area (Å²) in [6.45, 7) is 0.572. The van der Waals surface area contributed by atoms with Gasteiger partial charge in [0, 0.05) is 25.2 Å². The van der Waals surface area contributed by atoms with Crippen molar-refractivity contribution in [3.8, 4) is 0 Å². The van der Waals surface area contributed by atoms with E-state index in [4.69, 9.17) is 11.6 Å². The second-order valence-corrected chi connectivity index (χ2v) is 8.10. The highest BCUT2D eigenvalue weighted by atomic mass is 35.5. The van der Waals surface area contributed by atoms with Crippen LogP contribution in [0.2, 0.25) is 5.02 Å². The average molecular weight is 531 g/mol. The van der Waals surface area contributed by atoms with Gasteiger partial charge in [-0.05, 0) is 54.4 Å². The van der Waals surface area contributed by atoms with Crippen LogP contribution in [0, 0.1) is 6.92 Å². The predicted octanol–water partition coefficient (Wildman–Crippen LogP) is 7.04. The third kappa shape index (κ3) is 6.19. The second-order valence-electron chi connectivity index (χ2n) is 7.70. The summed E-state index contributed by atoms with van der Waals surface area (Å²) in [6, 6.07) is 3.60. The molecule has 4 nitrogen and oxygen atoms in total. The molecular formula is C21H16ClF9N4. The Kier molecular flexibility index (Phi) is 7.04. The first-order valence-electron chi connectivity index (χ1n) is 9.72. The number of aryl methyl sites for hydroxylation is 1. The summed E-state index contributed by atoms with van der Waals surface area (Å²) in [6.07, 6.45) is -14.8. The number of aromatic nitrogens is 3. The van der Waals surface area contributed by atoms with Gasteiger partial charge in [-0.25, -0.2) is 0 Å². The van der Waals surface area contributed by atoms with E-state index in [1.165, 1.54) is 23.6 Å². The van der Waals surface area contributed by atoms with Crippen molar-refractivity contribution >= 4 is 17.4 Å². The Hall–Kier alpha value is -2.96. The topological polar surface area (TPSA) is 34.0 Å². The first-order chi connectivity index (χ1) is 16.0. The molecule has 0 aliphatic rings. The molecule has 0 N–H and O–H groups in total. The van der Waals surface area contributed by atoms with E-state index in [9.17, 15) is 39.5 Å². The summed E-state index contributed by atoms with van der Waals surface area (Å²) in [4.78, 5) is 1.21. The summed E-state index contributed by atoms with van der Waals surface area (Å²) < 4.78 is 121. The summed E-state index contributed by atoms with van der Waals surface area (Å²) in [5.74, 6) is 0.0481. The molecule has 0 fully saturated rings. The molecule has 0 aliphatic heterocycles. The quantitative estimate of drug-likeness (QED) is 0.332. The minimum atomic E-state index is -5.06. The highest BCUT2D eigenvalue weighted by Gasteiger charge is 2.37. The lowest BCUT2D eigenvalue weighted by atomic mass is 10.0. The Morgan fingerprint density at radius 3 is 1.80 bits per heavy atom. The van der Waals surface area contributed by atoms with Gasteiger partial charge in [-0.15, -0.1) is 5.10 Å². The monoisotopic (exact) mass is 530 g/mol. The molecule has 0 saturated carbocycles. The fraction of sp³-hybridized carbons (Fsp3) is 0.333. The minimum Gasteiger partial charge on any atom is -0.345 e. The van der Waals surface area contributed by atoms with E-state index in [2.05, 4.69) is 10.3 Å². The van der Waals surface area contributed by atoms with Gasteiger partial charge in [0.2, 0.25) is 0 Å². The Labute approximate surface area is 197 Å². The van der Waals surface area contributed by atoms with E-state index in [1.54, 1.807) is 0 Å². The highest BCUT2D eigenvalue weighted by molar-refractivity contribution is 6.31. The van der Waals surface area contributed by atoms with Crippen LogP contribution in [0.4, 0.5) is 45.3 Å². The van der Waals surface area contributed by atoms with Gasteiger partial charge in [-0.3, -0.25) is 4.68 Å². The number of halogens is 10. The van der Waals surface area contributed by atoms with Crippen molar-refractivity contribution in [1.82, 2.24) is 15.0 Å². The Bertz CT molecular complexity index is 1180. The Morgan fingerprint density at radius 1 is 0.800 bits per heavy atom. The lowest BCUT2D eigenvalue weighted by Gasteiger charge is -2.25. The molecule has 3 rings (SSSR count). The molecule has 2 aromatic carbocycles. The van der Waals surface area contributed by atoms with Crippen LogP contribution >= 0.6 is 11.6 Å². The van der Waals surface area contributed by atoms with Crippen molar-refractivity contribution < 1.29 is 39.5 Å². The van der Waals surface area contributed by atoms with Gasteiger partial charge in [-0.2, -0.15) is 39.5 Å². The van der Waals surface area contributed by atoms with Crippen LogP contribution in [0.3, 0.4) is 0 Å². The molecule has 0 radical (unpaired) electrons. The molecule has 0 aliphatic carbocycles. The lowest BCUT2D eigenvalue weighted by molar-refractivity contribution is -0.143. The van der Waals surface area contributed by atoms with Crippen LogP contribution in [0.5, 0.6) is 0 Å². The molecular weight excluding hydrogens is 515 g/mol. The highest BCUT2D eigenvalue weighted by Crippen LogP contribution is 2.37. The van der Waals surface area contributed by atoms with E-state index in [0.717, 1.165) is 18.2 Å². The van der Waals surface area contributed by atoms with E-state index in [1.807, 2.05) is 0 Å². The van der Waals surface area contributed by atoms with Crippen molar-refractivity contribution in [2.45, 2.75) is 38.5 Å². The molecule has 3 aromatic rings. The third-order valence-electron chi connectivity index (χ3n) is 5.14. The Morgan fingerprint density at radius 2 is 1.34 bits per heavy atom. The largest absolute Gasteiger partial charge is 0.416 e. The second kappa shape index (κ2) is 9.25. The molecule has 190 valence electrons. The van der Waals surface area contributed by atoms with Gasteiger partial charge in [0.1, 0.15) is 0 Å². The van der Waals surface area contributed by atoms with Gasteiger partial charge in [0.25, 0.3) is 0 Å². The lowest BCUT2D eigenvalue weighted by Crippen LogP contribution is -2.25. The van der Waals surface area contributed by atoms with Crippen molar-refractivity contribution in [1.29, 1.82) is 0 Å². The fourth-order valence-electron chi connectivity index (χ4n) is 3.30. The molecule has 0 saturated heterocycles. The zero-order chi connectivity index (χ0) is 26.3. The van der Waals surface area contributed by atoms with Crippen LogP contribution < -0.4 is 4.90 Å². The van der Waals surface area contributed by atoms with Crippen molar-refractivity contribution in [2.24, 2.45) is 7.05 Å². The molecule has 0 spiro atoms. The van der Waals surface area contributed by atoms with Crippen LogP contribution in [0.1, 0.15) is 33.5 Å². The molecule has 0 unspecified atom stereocenters. The molecule has 1 heterocycles. The SMILES string of the molecule is Cc1c(N(Cc2cc(C(F)(F)F)cc(C(F)(F)F)c2)Cc2cc(C(F)(F)F)ccc2Cl)nnn1C. The van der Waals surface area contributed by atoms with Gasteiger partial charge >= 0.3 is 18.5 Å². The molecule has 1 aromatic heterocycles. The number of hydrogen-bond donors (Lipinski definition) is 0. The molecule has 0 atom stereocenters. The number of hydrogen-bond acceptors (Lipinski definition) is 3. The van der Waals surface area contributed by atoms with Crippen LogP contribution in [-0.4, -0.2) is 15.0 Å². The van der Waals surface area contributed by atoms with Gasteiger partial charge in [-0.1, -0.05) is 16.8 Å². The summed E-state index contributed by atoms with van der Waals surface area (Å²) in [5, 5.41) is 7.57. The first-order valence-corrected chi connectivity index (χ1v) is 10.1. The minimum absolute atomic E-state index is 0.00884. The van der Waals surface area contributed by atoms with Crippen LogP contribution in [0.25, 0.3) is 0 Å². The fourth-order valence-corrected chi connectivity index (χ4v) is 3.48. The summed E-state index contributed by atoms with van der Waals surface area (Å²) in [7, 11) is 1.49. The Balaban J connectivity index is 2.10. The maximum absolute atomic E-state index is 13.3. The van der Waals surface area contributed by atoms with Crippen LogP contribution in [0.15, 0.2) is 36.4 Å². The zero-order valence-electron chi connectivity index (χ0n) is 17.9. The van der Waals surface area contributed by atoms with Crippen molar-refractivity contribution in [3.05, 3.63) is 74.9 Å². The third-order valence-corrected chi connectivity index (χ3v) is 5.51. The zero-order valence-corrected chi connectivity index (χ0v) is 18.7. The number of nitrogens with zero attached hydrogens (tertiary/aromatic N) is 4. The summed E-state index contributed by atoms with van der Waals surface area (Å²) in [5.41, 5.74) is -4.14. The standard InChI is InChI=1S/C21H16ClF9N4/c1-11-18(32-33-34(11)2)35(10-13-7-14(19(23,24)25)3-4-17(13)22)9-12-5-15(20(26,27)28)8-16(6-12)21(29,30)31/h3-8H,9-10H2,1-2H3. The maximum atomic E-state index is 13.3. The van der Waals surface area contributed by atoms with E-state index >= 15 is 0 Å². The van der Waals surface area contributed by atoms with Gasteiger partial charge in [0.15, 0.2) is 5.82 Å². The number of rotatable bonds is 5. The first kappa shape index (κ1) is 26.6. The maximum Gasteiger partial charge on any atom is 0.416 e. The predicted molar refractivity (Wildman–Crippen MR) is 109 cm³/mol. The van der Waals surface area contributed by atoms with Gasteiger partial charge in [0.05, 0.1) is 22.4 Å². The van der Waals surface area contributed by atoms with E-state index < -0.39 is 48.3 Å². The molecule has 0 amide bonds. The van der Waals surface area contributed by atoms with Crippen LogP contribution in [-0.2, 0) is 38.7 Å². The molecule has 14 heteroatoms.